The van der Waals surface area contributed by atoms with Crippen LogP contribution in [0, 0.1) is 5.92 Å². The molecule has 0 spiro atoms. The van der Waals surface area contributed by atoms with Crippen molar-refractivity contribution in [1.82, 2.24) is 4.90 Å². The fraction of sp³-hybridized carbons (Fsp3) is 1.00. The molecule has 72 valence electrons. The molecule has 2 unspecified atom stereocenters. The summed E-state index contributed by atoms with van der Waals surface area (Å²) in [5.74, 6) is 0.593. The van der Waals surface area contributed by atoms with Crippen molar-refractivity contribution < 1.29 is 4.74 Å². The minimum atomic E-state index is 0.593. The number of nitrogens with zero attached hydrogens (tertiary/aromatic N) is 1. The van der Waals surface area contributed by atoms with Crippen LogP contribution in [0.5, 0.6) is 0 Å². The van der Waals surface area contributed by atoms with Crippen LogP contribution in [0.4, 0.5) is 0 Å². The summed E-state index contributed by atoms with van der Waals surface area (Å²) < 4.78 is 5.32. The zero-order chi connectivity index (χ0) is 8.97. The van der Waals surface area contributed by atoms with Gasteiger partial charge in [-0.3, -0.25) is 0 Å². The maximum absolute atomic E-state index is 5.56. The Hall–Kier alpha value is -0.120. The van der Waals surface area contributed by atoms with Crippen LogP contribution in [0.15, 0.2) is 0 Å². The lowest BCUT2D eigenvalue weighted by molar-refractivity contribution is 0.151. The van der Waals surface area contributed by atoms with E-state index in [-0.39, 0.29) is 0 Å². The zero-order valence-electron chi connectivity index (χ0n) is 8.12. The third-order valence-electron chi connectivity index (χ3n) is 2.53. The molecule has 2 atom stereocenters. The first-order chi connectivity index (χ1) is 5.74. The van der Waals surface area contributed by atoms with Crippen molar-refractivity contribution in [2.75, 3.05) is 33.4 Å². The van der Waals surface area contributed by atoms with E-state index in [1.54, 1.807) is 0 Å². The van der Waals surface area contributed by atoms with Crippen LogP contribution in [0.2, 0.25) is 0 Å². The minimum absolute atomic E-state index is 0.593. The number of likely N-dealkylation sites (N-methyl/N-ethyl adjacent to an activating group) is 1. The van der Waals surface area contributed by atoms with Gasteiger partial charge < -0.3 is 15.4 Å². The lowest BCUT2D eigenvalue weighted by Gasteiger charge is -2.25. The summed E-state index contributed by atoms with van der Waals surface area (Å²) in [5, 5.41) is 0. The Labute approximate surface area is 74.9 Å². The van der Waals surface area contributed by atoms with Gasteiger partial charge in [-0.25, -0.2) is 0 Å². The van der Waals surface area contributed by atoms with Gasteiger partial charge >= 0.3 is 0 Å². The molecule has 0 saturated carbocycles. The Bertz CT molecular complexity index is 124. The van der Waals surface area contributed by atoms with Crippen molar-refractivity contribution >= 4 is 0 Å². The SMILES string of the molecule is CC(CN)CN(C)C1CCOC1. The third kappa shape index (κ3) is 2.73. The van der Waals surface area contributed by atoms with Gasteiger partial charge in [0.15, 0.2) is 0 Å². The third-order valence-corrected chi connectivity index (χ3v) is 2.53. The Morgan fingerprint density at radius 3 is 2.92 bits per heavy atom. The Morgan fingerprint density at radius 2 is 2.42 bits per heavy atom. The number of nitrogens with two attached hydrogens (primary N) is 1. The lowest BCUT2D eigenvalue weighted by atomic mass is 10.1. The lowest BCUT2D eigenvalue weighted by Crippen LogP contribution is -2.37. The Kier molecular flexibility index (Phi) is 3.98. The number of ether oxygens (including phenoxy) is 1. The summed E-state index contributed by atoms with van der Waals surface area (Å²) in [7, 11) is 2.16. The molecule has 1 rings (SSSR count). The molecule has 0 bridgehead atoms. The fourth-order valence-corrected chi connectivity index (χ4v) is 1.58. The second-order valence-electron chi connectivity index (χ2n) is 3.80. The molecule has 0 aromatic carbocycles. The van der Waals surface area contributed by atoms with Crippen LogP contribution in [-0.2, 0) is 4.74 Å². The number of hydrogen-bond donors (Lipinski definition) is 1. The van der Waals surface area contributed by atoms with Crippen molar-refractivity contribution in [3.8, 4) is 0 Å². The number of rotatable bonds is 4. The van der Waals surface area contributed by atoms with E-state index in [1.165, 1.54) is 6.42 Å². The molecule has 3 nitrogen and oxygen atoms in total. The molecule has 0 amide bonds. The molecule has 0 aliphatic carbocycles. The van der Waals surface area contributed by atoms with Crippen molar-refractivity contribution in [2.45, 2.75) is 19.4 Å². The second kappa shape index (κ2) is 4.80. The van der Waals surface area contributed by atoms with Crippen molar-refractivity contribution in [2.24, 2.45) is 11.7 Å². The molecule has 0 aromatic rings. The molecule has 2 N–H and O–H groups in total. The van der Waals surface area contributed by atoms with E-state index in [1.807, 2.05) is 0 Å². The van der Waals surface area contributed by atoms with Crippen LogP contribution in [0.1, 0.15) is 13.3 Å². The van der Waals surface area contributed by atoms with E-state index in [2.05, 4.69) is 18.9 Å². The monoisotopic (exact) mass is 172 g/mol. The van der Waals surface area contributed by atoms with Gasteiger partial charge in [-0.15, -0.1) is 0 Å². The normalized spacial score (nSPS) is 26.5. The highest BCUT2D eigenvalue weighted by molar-refractivity contribution is 4.74. The average molecular weight is 172 g/mol. The van der Waals surface area contributed by atoms with Gasteiger partial charge in [-0.1, -0.05) is 6.92 Å². The first-order valence-electron chi connectivity index (χ1n) is 4.72. The fourth-order valence-electron chi connectivity index (χ4n) is 1.58. The van der Waals surface area contributed by atoms with E-state index in [0.717, 1.165) is 26.3 Å². The van der Waals surface area contributed by atoms with Crippen LogP contribution in [0.3, 0.4) is 0 Å². The topological polar surface area (TPSA) is 38.5 Å². The maximum atomic E-state index is 5.56. The van der Waals surface area contributed by atoms with Crippen LogP contribution in [-0.4, -0.2) is 44.3 Å². The summed E-state index contributed by atoms with van der Waals surface area (Å²) >= 11 is 0. The first kappa shape index (κ1) is 9.96. The van der Waals surface area contributed by atoms with Crippen molar-refractivity contribution in [1.29, 1.82) is 0 Å². The van der Waals surface area contributed by atoms with E-state index in [9.17, 15) is 0 Å². The van der Waals surface area contributed by atoms with Crippen LogP contribution >= 0.6 is 0 Å². The first-order valence-corrected chi connectivity index (χ1v) is 4.72. The number of hydrogen-bond acceptors (Lipinski definition) is 3. The minimum Gasteiger partial charge on any atom is -0.380 e. The van der Waals surface area contributed by atoms with E-state index >= 15 is 0 Å². The Balaban J connectivity index is 2.21. The average Bonchev–Trinajstić information content (AvgIpc) is 2.56. The second-order valence-corrected chi connectivity index (χ2v) is 3.80. The zero-order valence-corrected chi connectivity index (χ0v) is 8.12. The van der Waals surface area contributed by atoms with Crippen LogP contribution in [0.25, 0.3) is 0 Å². The predicted octanol–water partition coefficient (Wildman–Crippen LogP) is 0.302. The molecule has 1 heterocycles. The maximum Gasteiger partial charge on any atom is 0.0622 e. The van der Waals surface area contributed by atoms with Gasteiger partial charge in [0.2, 0.25) is 0 Å². The Morgan fingerprint density at radius 1 is 1.67 bits per heavy atom. The smallest absolute Gasteiger partial charge is 0.0622 e. The largest absolute Gasteiger partial charge is 0.380 e. The van der Waals surface area contributed by atoms with Gasteiger partial charge in [0.1, 0.15) is 0 Å². The molecule has 3 heteroatoms. The molecule has 12 heavy (non-hydrogen) atoms. The highest BCUT2D eigenvalue weighted by atomic mass is 16.5. The molecule has 1 aliphatic rings. The van der Waals surface area contributed by atoms with Crippen molar-refractivity contribution in [3.05, 3.63) is 0 Å². The molecule has 0 aromatic heterocycles. The summed E-state index contributed by atoms with van der Waals surface area (Å²) in [5.41, 5.74) is 5.56. The molecule has 1 aliphatic heterocycles. The molecular formula is C9H20N2O. The van der Waals surface area contributed by atoms with E-state index in [4.69, 9.17) is 10.5 Å². The highest BCUT2D eigenvalue weighted by Crippen LogP contribution is 2.11. The summed E-state index contributed by atoms with van der Waals surface area (Å²) in [6, 6.07) is 0.624. The van der Waals surface area contributed by atoms with Gasteiger partial charge in [0, 0.05) is 19.2 Å². The quantitative estimate of drug-likeness (QED) is 0.663. The van der Waals surface area contributed by atoms with Crippen LogP contribution < -0.4 is 5.73 Å². The van der Waals surface area contributed by atoms with E-state index in [0.29, 0.717) is 12.0 Å². The molecular weight excluding hydrogens is 152 g/mol. The van der Waals surface area contributed by atoms with Gasteiger partial charge in [0.05, 0.1) is 6.61 Å². The summed E-state index contributed by atoms with van der Waals surface area (Å²) in [4.78, 5) is 2.37. The van der Waals surface area contributed by atoms with E-state index < -0.39 is 0 Å². The molecule has 0 radical (unpaired) electrons. The van der Waals surface area contributed by atoms with Gasteiger partial charge in [-0.05, 0) is 25.9 Å². The van der Waals surface area contributed by atoms with Gasteiger partial charge in [0.25, 0.3) is 0 Å². The summed E-state index contributed by atoms with van der Waals surface area (Å²) in [6.45, 7) is 5.87. The standard InChI is InChI=1S/C9H20N2O/c1-8(5-10)6-11(2)9-3-4-12-7-9/h8-9H,3-7,10H2,1-2H3. The van der Waals surface area contributed by atoms with Crippen molar-refractivity contribution in [3.63, 3.8) is 0 Å². The predicted molar refractivity (Wildman–Crippen MR) is 50.1 cm³/mol. The van der Waals surface area contributed by atoms with Gasteiger partial charge in [-0.2, -0.15) is 0 Å². The molecule has 1 saturated heterocycles. The molecule has 1 fully saturated rings. The highest BCUT2D eigenvalue weighted by Gasteiger charge is 2.20. The summed E-state index contributed by atoms with van der Waals surface area (Å²) in [6.07, 6.45) is 1.17.